The number of unbranched alkanes of at least 4 members (excludes halogenated alkanes) is 7. The van der Waals surface area contributed by atoms with Crippen LogP contribution in [-0.2, 0) is 4.79 Å². The minimum atomic E-state index is -0.0404. The van der Waals surface area contributed by atoms with Gasteiger partial charge in [-0.2, -0.15) is 0 Å². The average molecular weight is 253 g/mol. The Balaban J connectivity index is 3.39. The second kappa shape index (κ2) is 12.7. The highest BCUT2D eigenvalue weighted by Crippen LogP contribution is 2.11. The van der Waals surface area contributed by atoms with Gasteiger partial charge in [0.2, 0.25) is 5.91 Å². The van der Waals surface area contributed by atoms with Crippen molar-refractivity contribution in [3.05, 3.63) is 12.7 Å². The maximum Gasteiger partial charge on any atom is 0.243 e. The first-order valence-electron chi connectivity index (χ1n) is 7.67. The smallest absolute Gasteiger partial charge is 0.243 e. The molecule has 0 saturated carbocycles. The standard InChI is InChI=1S/C16H31NO/c1-4-7-8-9-10-11-12-13-14-15(5-2)17-16(18)6-3/h6,15H,3-5,7-14H2,1-2H3,(H,17,18). The van der Waals surface area contributed by atoms with Crippen LogP contribution in [0.5, 0.6) is 0 Å². The molecule has 0 rings (SSSR count). The van der Waals surface area contributed by atoms with Crippen LogP contribution < -0.4 is 5.32 Å². The van der Waals surface area contributed by atoms with Crippen molar-refractivity contribution in [2.24, 2.45) is 0 Å². The lowest BCUT2D eigenvalue weighted by molar-refractivity contribution is -0.117. The van der Waals surface area contributed by atoms with Crippen molar-refractivity contribution in [3.8, 4) is 0 Å². The third kappa shape index (κ3) is 10.4. The van der Waals surface area contributed by atoms with E-state index in [4.69, 9.17) is 0 Å². The van der Waals surface area contributed by atoms with Gasteiger partial charge >= 0.3 is 0 Å². The van der Waals surface area contributed by atoms with E-state index in [0.29, 0.717) is 6.04 Å². The minimum absolute atomic E-state index is 0.0404. The highest BCUT2D eigenvalue weighted by molar-refractivity contribution is 5.87. The second-order valence-corrected chi connectivity index (χ2v) is 5.08. The van der Waals surface area contributed by atoms with Gasteiger partial charge in [0.05, 0.1) is 0 Å². The molecule has 18 heavy (non-hydrogen) atoms. The molecule has 106 valence electrons. The van der Waals surface area contributed by atoms with Crippen LogP contribution in [0.25, 0.3) is 0 Å². The molecule has 0 aromatic heterocycles. The number of nitrogens with one attached hydrogen (secondary N) is 1. The third-order valence-corrected chi connectivity index (χ3v) is 3.43. The molecule has 1 amide bonds. The number of rotatable bonds is 12. The van der Waals surface area contributed by atoms with Crippen molar-refractivity contribution in [1.29, 1.82) is 0 Å². The molecule has 0 saturated heterocycles. The molecular weight excluding hydrogens is 222 g/mol. The fraction of sp³-hybridized carbons (Fsp3) is 0.812. The summed E-state index contributed by atoms with van der Waals surface area (Å²) in [5.41, 5.74) is 0. The molecule has 0 heterocycles. The van der Waals surface area contributed by atoms with Crippen molar-refractivity contribution in [2.75, 3.05) is 0 Å². The molecule has 1 unspecified atom stereocenters. The van der Waals surface area contributed by atoms with Crippen molar-refractivity contribution in [1.82, 2.24) is 5.32 Å². The number of carbonyl (C=O) groups excluding carboxylic acids is 1. The molecule has 0 fully saturated rings. The molecule has 2 nitrogen and oxygen atoms in total. The molecule has 1 N–H and O–H groups in total. The monoisotopic (exact) mass is 253 g/mol. The van der Waals surface area contributed by atoms with E-state index in [-0.39, 0.29) is 5.91 Å². The largest absolute Gasteiger partial charge is 0.350 e. The Morgan fingerprint density at radius 3 is 2.11 bits per heavy atom. The van der Waals surface area contributed by atoms with Gasteiger partial charge in [-0.1, -0.05) is 71.8 Å². The zero-order chi connectivity index (χ0) is 13.6. The summed E-state index contributed by atoms with van der Waals surface area (Å²) in [7, 11) is 0. The van der Waals surface area contributed by atoms with E-state index in [0.717, 1.165) is 12.8 Å². The summed E-state index contributed by atoms with van der Waals surface area (Å²) in [6.07, 6.45) is 14.2. The summed E-state index contributed by atoms with van der Waals surface area (Å²) >= 11 is 0. The fourth-order valence-electron chi connectivity index (χ4n) is 2.16. The van der Waals surface area contributed by atoms with Crippen LogP contribution in [0.4, 0.5) is 0 Å². The number of carbonyl (C=O) groups is 1. The topological polar surface area (TPSA) is 29.1 Å². The molecule has 0 radical (unpaired) electrons. The highest BCUT2D eigenvalue weighted by Gasteiger charge is 2.07. The molecule has 0 aromatic carbocycles. The maximum absolute atomic E-state index is 11.2. The Morgan fingerprint density at radius 1 is 1.06 bits per heavy atom. The normalized spacial score (nSPS) is 12.1. The molecule has 0 aliphatic carbocycles. The van der Waals surface area contributed by atoms with Crippen LogP contribution in [0.1, 0.15) is 78.1 Å². The molecule has 1 atom stereocenters. The Kier molecular flexibility index (Phi) is 12.1. The lowest BCUT2D eigenvalue weighted by Crippen LogP contribution is -2.32. The van der Waals surface area contributed by atoms with Crippen molar-refractivity contribution >= 4 is 5.91 Å². The van der Waals surface area contributed by atoms with Gasteiger partial charge in [0.15, 0.2) is 0 Å². The van der Waals surface area contributed by atoms with E-state index in [1.165, 1.54) is 57.4 Å². The first-order chi connectivity index (χ1) is 8.74. The van der Waals surface area contributed by atoms with Gasteiger partial charge in [-0.3, -0.25) is 4.79 Å². The zero-order valence-corrected chi connectivity index (χ0v) is 12.3. The Bertz CT molecular complexity index is 213. The van der Waals surface area contributed by atoms with Crippen LogP contribution in [0.15, 0.2) is 12.7 Å². The van der Waals surface area contributed by atoms with E-state index >= 15 is 0 Å². The summed E-state index contributed by atoms with van der Waals surface area (Å²) in [5.74, 6) is -0.0404. The molecule has 0 aliphatic heterocycles. The van der Waals surface area contributed by atoms with Crippen LogP contribution >= 0.6 is 0 Å². The van der Waals surface area contributed by atoms with Crippen molar-refractivity contribution < 1.29 is 4.79 Å². The second-order valence-electron chi connectivity index (χ2n) is 5.08. The van der Waals surface area contributed by atoms with Crippen LogP contribution in [0.3, 0.4) is 0 Å². The van der Waals surface area contributed by atoms with Crippen molar-refractivity contribution in [2.45, 2.75) is 84.1 Å². The van der Waals surface area contributed by atoms with E-state index < -0.39 is 0 Å². The van der Waals surface area contributed by atoms with E-state index in [1.54, 1.807) is 0 Å². The zero-order valence-electron chi connectivity index (χ0n) is 12.3. The molecule has 0 aromatic rings. The average Bonchev–Trinajstić information content (AvgIpc) is 2.40. The minimum Gasteiger partial charge on any atom is -0.350 e. The molecule has 0 aliphatic rings. The summed E-state index contributed by atoms with van der Waals surface area (Å²) < 4.78 is 0. The van der Waals surface area contributed by atoms with Gasteiger partial charge in [-0.25, -0.2) is 0 Å². The first-order valence-corrected chi connectivity index (χ1v) is 7.67. The molecule has 0 spiro atoms. The SMILES string of the molecule is C=CC(=O)NC(CC)CCCCCCCCCC. The van der Waals surface area contributed by atoms with Crippen LogP contribution in [-0.4, -0.2) is 11.9 Å². The first kappa shape index (κ1) is 17.2. The maximum atomic E-state index is 11.2. The fourth-order valence-corrected chi connectivity index (χ4v) is 2.16. The predicted molar refractivity (Wildman–Crippen MR) is 79.6 cm³/mol. The van der Waals surface area contributed by atoms with E-state index in [2.05, 4.69) is 25.7 Å². The summed E-state index contributed by atoms with van der Waals surface area (Å²) in [4.78, 5) is 11.2. The lowest BCUT2D eigenvalue weighted by Gasteiger charge is -2.15. The summed E-state index contributed by atoms with van der Waals surface area (Å²) in [6.45, 7) is 7.86. The molecule has 0 bridgehead atoms. The quantitative estimate of drug-likeness (QED) is 0.400. The predicted octanol–water partition coefficient (Wildman–Crippen LogP) is 4.60. The van der Waals surface area contributed by atoms with E-state index in [1.807, 2.05) is 0 Å². The van der Waals surface area contributed by atoms with E-state index in [9.17, 15) is 4.79 Å². The Morgan fingerprint density at radius 2 is 1.61 bits per heavy atom. The Hall–Kier alpha value is -0.790. The van der Waals surface area contributed by atoms with Gasteiger partial charge in [-0.15, -0.1) is 0 Å². The third-order valence-electron chi connectivity index (χ3n) is 3.43. The number of hydrogen-bond donors (Lipinski definition) is 1. The van der Waals surface area contributed by atoms with Gasteiger partial charge in [0.1, 0.15) is 0 Å². The summed E-state index contributed by atoms with van der Waals surface area (Å²) in [5, 5.41) is 2.98. The number of amides is 1. The number of hydrogen-bond acceptors (Lipinski definition) is 1. The van der Waals surface area contributed by atoms with Crippen molar-refractivity contribution in [3.63, 3.8) is 0 Å². The van der Waals surface area contributed by atoms with Gasteiger partial charge in [-0.05, 0) is 18.9 Å². The van der Waals surface area contributed by atoms with Crippen LogP contribution in [0, 0.1) is 0 Å². The summed E-state index contributed by atoms with van der Waals surface area (Å²) in [6, 6.07) is 0.329. The highest BCUT2D eigenvalue weighted by atomic mass is 16.1. The molecular formula is C16H31NO. The van der Waals surface area contributed by atoms with Gasteiger partial charge < -0.3 is 5.32 Å². The molecule has 2 heteroatoms. The van der Waals surface area contributed by atoms with Gasteiger partial charge in [0.25, 0.3) is 0 Å². The van der Waals surface area contributed by atoms with Crippen LogP contribution in [0.2, 0.25) is 0 Å². The lowest BCUT2D eigenvalue weighted by atomic mass is 10.0. The van der Waals surface area contributed by atoms with Gasteiger partial charge in [0, 0.05) is 6.04 Å². The Labute approximate surface area is 113 Å².